The standard InChI is InChI=1S/C17H27NO/c1-13-7-8-15(11-14(13)2)12-16(19)17(18(3)4)9-5-6-10-17/h7-8,11,16,19H,5-6,9-10,12H2,1-4H3. The first-order valence-electron chi connectivity index (χ1n) is 7.37. The van der Waals surface area contributed by atoms with Crippen LogP contribution in [-0.4, -0.2) is 35.7 Å². The molecule has 2 nitrogen and oxygen atoms in total. The first-order valence-corrected chi connectivity index (χ1v) is 7.37. The third-order valence-corrected chi connectivity index (χ3v) is 4.98. The van der Waals surface area contributed by atoms with Gasteiger partial charge in [0, 0.05) is 12.0 Å². The Kier molecular flexibility index (Phi) is 4.32. The van der Waals surface area contributed by atoms with Crippen LogP contribution in [0, 0.1) is 13.8 Å². The fourth-order valence-electron chi connectivity index (χ4n) is 3.41. The molecule has 0 amide bonds. The summed E-state index contributed by atoms with van der Waals surface area (Å²) >= 11 is 0. The first-order chi connectivity index (χ1) is 8.95. The molecule has 2 rings (SSSR count). The van der Waals surface area contributed by atoms with E-state index in [2.05, 4.69) is 51.0 Å². The SMILES string of the molecule is Cc1ccc(CC(O)C2(N(C)C)CCCC2)cc1C. The molecule has 1 unspecified atom stereocenters. The molecule has 0 spiro atoms. The van der Waals surface area contributed by atoms with Crippen LogP contribution in [0.4, 0.5) is 0 Å². The summed E-state index contributed by atoms with van der Waals surface area (Å²) in [5, 5.41) is 10.7. The lowest BCUT2D eigenvalue weighted by Gasteiger charge is -2.40. The van der Waals surface area contributed by atoms with Crippen LogP contribution in [0.1, 0.15) is 42.4 Å². The van der Waals surface area contributed by atoms with Crippen LogP contribution in [0.2, 0.25) is 0 Å². The molecule has 0 aliphatic heterocycles. The Balaban J connectivity index is 2.15. The Hall–Kier alpha value is -0.860. The zero-order valence-corrected chi connectivity index (χ0v) is 12.7. The number of likely N-dealkylation sites (N-methyl/N-ethyl adjacent to an activating group) is 1. The van der Waals surface area contributed by atoms with E-state index in [1.54, 1.807) is 0 Å². The van der Waals surface area contributed by atoms with E-state index in [0.717, 1.165) is 19.3 Å². The number of aliphatic hydroxyl groups excluding tert-OH is 1. The third-order valence-electron chi connectivity index (χ3n) is 4.98. The largest absolute Gasteiger partial charge is 0.391 e. The van der Waals surface area contributed by atoms with Crippen LogP contribution in [0.3, 0.4) is 0 Å². The lowest BCUT2D eigenvalue weighted by Crippen LogP contribution is -2.52. The van der Waals surface area contributed by atoms with Crippen molar-refractivity contribution >= 4 is 0 Å². The normalized spacial score (nSPS) is 19.9. The molecule has 1 aliphatic carbocycles. The van der Waals surface area contributed by atoms with Crippen molar-refractivity contribution < 1.29 is 5.11 Å². The molecule has 2 heteroatoms. The van der Waals surface area contributed by atoms with Gasteiger partial charge < -0.3 is 10.0 Å². The first kappa shape index (κ1) is 14.5. The predicted octanol–water partition coefficient (Wildman–Crippen LogP) is 3.08. The fourth-order valence-corrected chi connectivity index (χ4v) is 3.41. The van der Waals surface area contributed by atoms with Gasteiger partial charge in [0.1, 0.15) is 0 Å². The van der Waals surface area contributed by atoms with E-state index in [-0.39, 0.29) is 11.6 Å². The van der Waals surface area contributed by atoms with E-state index in [1.807, 2.05) is 0 Å². The van der Waals surface area contributed by atoms with Gasteiger partial charge in [0.25, 0.3) is 0 Å². The third kappa shape index (κ3) is 2.85. The monoisotopic (exact) mass is 261 g/mol. The average molecular weight is 261 g/mol. The number of hydrogen-bond acceptors (Lipinski definition) is 2. The van der Waals surface area contributed by atoms with Crippen LogP contribution >= 0.6 is 0 Å². The van der Waals surface area contributed by atoms with Crippen LogP contribution in [-0.2, 0) is 6.42 Å². The van der Waals surface area contributed by atoms with Crippen molar-refractivity contribution in [3.63, 3.8) is 0 Å². The molecular weight excluding hydrogens is 234 g/mol. The predicted molar refractivity (Wildman–Crippen MR) is 80.5 cm³/mol. The maximum Gasteiger partial charge on any atom is 0.0763 e. The Labute approximate surface area is 117 Å². The van der Waals surface area contributed by atoms with Crippen molar-refractivity contribution in [3.8, 4) is 0 Å². The average Bonchev–Trinajstić information content (AvgIpc) is 2.84. The number of benzene rings is 1. The molecule has 1 atom stereocenters. The van der Waals surface area contributed by atoms with Gasteiger partial charge in [-0.15, -0.1) is 0 Å². The summed E-state index contributed by atoms with van der Waals surface area (Å²) in [6, 6.07) is 6.54. The summed E-state index contributed by atoms with van der Waals surface area (Å²) in [6.07, 6.45) is 5.20. The molecule has 1 aromatic rings. The molecule has 1 N–H and O–H groups in total. The van der Waals surface area contributed by atoms with Crippen molar-refractivity contribution in [1.82, 2.24) is 4.90 Å². The summed E-state index contributed by atoms with van der Waals surface area (Å²) in [6.45, 7) is 4.27. The Morgan fingerprint density at radius 3 is 2.32 bits per heavy atom. The highest BCUT2D eigenvalue weighted by atomic mass is 16.3. The molecule has 1 saturated carbocycles. The summed E-state index contributed by atoms with van der Waals surface area (Å²) in [5.74, 6) is 0. The minimum Gasteiger partial charge on any atom is -0.391 e. The molecule has 0 bridgehead atoms. The van der Waals surface area contributed by atoms with Gasteiger partial charge in [-0.1, -0.05) is 31.0 Å². The van der Waals surface area contributed by atoms with Crippen molar-refractivity contribution in [1.29, 1.82) is 0 Å². The zero-order valence-electron chi connectivity index (χ0n) is 12.7. The Morgan fingerprint density at radius 1 is 1.16 bits per heavy atom. The maximum atomic E-state index is 10.7. The van der Waals surface area contributed by atoms with E-state index in [9.17, 15) is 5.11 Å². The van der Waals surface area contributed by atoms with Crippen molar-refractivity contribution in [2.45, 2.75) is 57.6 Å². The van der Waals surface area contributed by atoms with Gasteiger partial charge in [-0.25, -0.2) is 0 Å². The van der Waals surface area contributed by atoms with Crippen molar-refractivity contribution in [2.24, 2.45) is 0 Å². The van der Waals surface area contributed by atoms with Gasteiger partial charge in [-0.2, -0.15) is 0 Å². The van der Waals surface area contributed by atoms with E-state index >= 15 is 0 Å². The number of hydrogen-bond donors (Lipinski definition) is 1. The minimum absolute atomic E-state index is 0.0151. The highest BCUT2D eigenvalue weighted by Crippen LogP contribution is 2.37. The number of aryl methyl sites for hydroxylation is 2. The van der Waals surface area contributed by atoms with Crippen LogP contribution in [0.5, 0.6) is 0 Å². The number of rotatable bonds is 4. The number of nitrogens with zero attached hydrogens (tertiary/aromatic N) is 1. The fraction of sp³-hybridized carbons (Fsp3) is 0.647. The lowest BCUT2D eigenvalue weighted by atomic mass is 9.85. The van der Waals surface area contributed by atoms with Gasteiger partial charge in [-0.05, 0) is 57.5 Å². The second-order valence-corrected chi connectivity index (χ2v) is 6.34. The Morgan fingerprint density at radius 2 is 1.79 bits per heavy atom. The topological polar surface area (TPSA) is 23.5 Å². The van der Waals surface area contributed by atoms with Crippen LogP contribution in [0.15, 0.2) is 18.2 Å². The van der Waals surface area contributed by atoms with Crippen molar-refractivity contribution in [2.75, 3.05) is 14.1 Å². The summed E-state index contributed by atoms with van der Waals surface area (Å²) in [5.41, 5.74) is 3.87. The second-order valence-electron chi connectivity index (χ2n) is 6.34. The van der Waals surface area contributed by atoms with Crippen LogP contribution in [0.25, 0.3) is 0 Å². The van der Waals surface area contributed by atoms with Gasteiger partial charge >= 0.3 is 0 Å². The Bertz CT molecular complexity index is 433. The molecule has 0 aromatic heterocycles. The summed E-state index contributed by atoms with van der Waals surface area (Å²) in [7, 11) is 4.21. The number of aliphatic hydroxyl groups is 1. The van der Waals surface area contributed by atoms with Gasteiger partial charge in [0.2, 0.25) is 0 Å². The quantitative estimate of drug-likeness (QED) is 0.900. The van der Waals surface area contributed by atoms with Gasteiger partial charge in [0.15, 0.2) is 0 Å². The van der Waals surface area contributed by atoms with Gasteiger partial charge in [-0.3, -0.25) is 0 Å². The molecule has 0 saturated heterocycles. The van der Waals surface area contributed by atoms with E-state index in [0.29, 0.717) is 0 Å². The summed E-state index contributed by atoms with van der Waals surface area (Å²) < 4.78 is 0. The van der Waals surface area contributed by atoms with Gasteiger partial charge in [0.05, 0.1) is 6.10 Å². The molecule has 1 fully saturated rings. The maximum absolute atomic E-state index is 10.7. The molecular formula is C17H27NO. The van der Waals surface area contributed by atoms with E-state index < -0.39 is 0 Å². The zero-order chi connectivity index (χ0) is 14.0. The molecule has 106 valence electrons. The van der Waals surface area contributed by atoms with E-state index in [1.165, 1.54) is 29.5 Å². The lowest BCUT2D eigenvalue weighted by molar-refractivity contribution is -0.00251. The minimum atomic E-state index is -0.271. The van der Waals surface area contributed by atoms with Crippen LogP contribution < -0.4 is 0 Å². The highest BCUT2D eigenvalue weighted by Gasteiger charge is 2.42. The molecule has 19 heavy (non-hydrogen) atoms. The smallest absolute Gasteiger partial charge is 0.0763 e. The molecule has 0 radical (unpaired) electrons. The van der Waals surface area contributed by atoms with Crippen molar-refractivity contribution in [3.05, 3.63) is 34.9 Å². The second kappa shape index (κ2) is 5.64. The molecule has 1 aliphatic rings. The molecule has 0 heterocycles. The molecule has 1 aromatic carbocycles. The summed E-state index contributed by atoms with van der Waals surface area (Å²) in [4.78, 5) is 2.24. The highest BCUT2D eigenvalue weighted by molar-refractivity contribution is 5.30. The van der Waals surface area contributed by atoms with E-state index in [4.69, 9.17) is 0 Å².